The molecule has 1 unspecified atom stereocenters. The van der Waals surface area contributed by atoms with Gasteiger partial charge < -0.3 is 15.2 Å². The van der Waals surface area contributed by atoms with E-state index in [1.165, 1.54) is 11.1 Å². The van der Waals surface area contributed by atoms with E-state index in [1.54, 1.807) is 6.33 Å². The summed E-state index contributed by atoms with van der Waals surface area (Å²) in [5, 5.41) is 3.46. The molecule has 2 aliphatic rings. The highest BCUT2D eigenvalue weighted by molar-refractivity contribution is 5.79. The Morgan fingerprint density at radius 1 is 1.23 bits per heavy atom. The lowest BCUT2D eigenvalue weighted by Crippen LogP contribution is -2.39. The number of carbonyl (C=O) groups is 1. The normalized spacial score (nSPS) is 21.5. The first kappa shape index (κ1) is 13.5. The number of aromatic nitrogens is 2. The fourth-order valence-electron chi connectivity index (χ4n) is 3.61. The van der Waals surface area contributed by atoms with Gasteiger partial charge in [0.05, 0.1) is 6.33 Å². The number of rotatable bonds is 4. The fourth-order valence-corrected chi connectivity index (χ4v) is 3.61. The van der Waals surface area contributed by atoms with Gasteiger partial charge in [-0.05, 0) is 24.0 Å². The second kappa shape index (κ2) is 5.57. The van der Waals surface area contributed by atoms with Crippen LogP contribution in [0, 0.1) is 0 Å². The minimum Gasteiger partial charge on any atom is -0.347 e. The Morgan fingerprint density at radius 3 is 2.68 bits per heavy atom. The Morgan fingerprint density at radius 2 is 2.00 bits per heavy atom. The number of likely N-dealkylation sites (tertiary alicyclic amines) is 1. The van der Waals surface area contributed by atoms with Crippen molar-refractivity contribution in [2.24, 2.45) is 0 Å². The summed E-state index contributed by atoms with van der Waals surface area (Å²) in [6.45, 7) is 1.54. The van der Waals surface area contributed by atoms with Crippen molar-refractivity contribution < 1.29 is 4.79 Å². The molecule has 1 amide bonds. The van der Waals surface area contributed by atoms with Crippen LogP contribution in [0.4, 0.5) is 0 Å². The van der Waals surface area contributed by atoms with Crippen LogP contribution >= 0.6 is 0 Å². The van der Waals surface area contributed by atoms with Crippen molar-refractivity contribution in [2.45, 2.75) is 37.9 Å². The molecule has 22 heavy (non-hydrogen) atoms. The Labute approximate surface area is 129 Å². The molecular formula is C17H20N4O. The molecular weight excluding hydrogens is 276 g/mol. The predicted octanol–water partition coefficient (Wildman–Crippen LogP) is 1.27. The lowest BCUT2D eigenvalue weighted by molar-refractivity contribution is -0.129. The Kier molecular flexibility index (Phi) is 3.42. The molecule has 2 N–H and O–H groups in total. The zero-order chi connectivity index (χ0) is 14.9. The van der Waals surface area contributed by atoms with Gasteiger partial charge in [-0.25, -0.2) is 4.98 Å². The van der Waals surface area contributed by atoms with Gasteiger partial charge in [0.2, 0.25) is 5.91 Å². The van der Waals surface area contributed by atoms with Crippen LogP contribution in [0.3, 0.4) is 0 Å². The third-order valence-corrected chi connectivity index (χ3v) is 4.76. The molecule has 0 saturated carbocycles. The Hall–Kier alpha value is -2.14. The maximum absolute atomic E-state index is 12.3. The number of aromatic amines is 1. The number of nitrogens with zero attached hydrogens (tertiary/aromatic N) is 2. The molecule has 1 atom stereocenters. The van der Waals surface area contributed by atoms with Crippen LogP contribution in [0.2, 0.25) is 0 Å². The first-order chi connectivity index (χ1) is 10.8. The summed E-state index contributed by atoms with van der Waals surface area (Å²) in [6, 6.07) is 9.11. The van der Waals surface area contributed by atoms with E-state index in [1.807, 2.05) is 6.20 Å². The maximum Gasteiger partial charge on any atom is 0.224 e. The van der Waals surface area contributed by atoms with Gasteiger partial charge in [-0.3, -0.25) is 4.79 Å². The lowest BCUT2D eigenvalue weighted by Gasteiger charge is -2.24. The number of benzene rings is 1. The Bertz CT molecular complexity index is 642. The van der Waals surface area contributed by atoms with E-state index >= 15 is 0 Å². The SMILES string of the molecule is O=C1CC(NCc2cnc[nH]2)CN1C1Cc2ccccc2C1. The number of H-pyrrole nitrogens is 1. The van der Waals surface area contributed by atoms with Crippen molar-refractivity contribution in [3.63, 3.8) is 0 Å². The molecule has 0 spiro atoms. The average molecular weight is 296 g/mol. The van der Waals surface area contributed by atoms with Gasteiger partial charge in [0.1, 0.15) is 0 Å². The second-order valence-corrected chi connectivity index (χ2v) is 6.24. The molecule has 2 aromatic rings. The standard InChI is InChI=1S/C17H20N4O/c22-17-7-14(19-9-15-8-18-11-20-15)10-21(17)16-5-12-3-1-2-4-13(12)6-16/h1-4,8,11,14,16,19H,5-7,9-10H2,(H,18,20). The van der Waals surface area contributed by atoms with E-state index in [0.717, 1.165) is 31.6 Å². The summed E-state index contributed by atoms with van der Waals surface area (Å²) in [6.07, 6.45) is 6.08. The van der Waals surface area contributed by atoms with Crippen molar-refractivity contribution in [2.75, 3.05) is 6.54 Å². The first-order valence-electron chi connectivity index (χ1n) is 7.86. The largest absolute Gasteiger partial charge is 0.347 e. The van der Waals surface area contributed by atoms with Crippen molar-refractivity contribution in [3.8, 4) is 0 Å². The average Bonchev–Trinajstić information content (AvgIpc) is 3.24. The highest BCUT2D eigenvalue weighted by Gasteiger charge is 2.36. The van der Waals surface area contributed by atoms with Gasteiger partial charge in [-0.1, -0.05) is 24.3 Å². The molecule has 5 nitrogen and oxygen atoms in total. The Balaban J connectivity index is 1.37. The molecule has 1 aromatic carbocycles. The van der Waals surface area contributed by atoms with Gasteiger partial charge in [0.25, 0.3) is 0 Å². The number of imidazole rings is 1. The molecule has 1 aliphatic carbocycles. The summed E-state index contributed by atoms with van der Waals surface area (Å²) in [7, 11) is 0. The van der Waals surface area contributed by atoms with Crippen LogP contribution in [0.25, 0.3) is 0 Å². The third-order valence-electron chi connectivity index (χ3n) is 4.76. The fraction of sp³-hybridized carbons (Fsp3) is 0.412. The predicted molar refractivity (Wildman–Crippen MR) is 83.2 cm³/mol. The number of fused-ring (bicyclic) bond motifs is 1. The van der Waals surface area contributed by atoms with Gasteiger partial charge in [0, 0.05) is 43.5 Å². The number of hydrogen-bond donors (Lipinski definition) is 2. The minimum atomic E-state index is 0.236. The molecule has 1 aliphatic heterocycles. The summed E-state index contributed by atoms with van der Waals surface area (Å²) in [5.74, 6) is 0.278. The van der Waals surface area contributed by atoms with E-state index < -0.39 is 0 Å². The topological polar surface area (TPSA) is 61.0 Å². The first-order valence-corrected chi connectivity index (χ1v) is 7.86. The van der Waals surface area contributed by atoms with Crippen LogP contribution in [-0.4, -0.2) is 39.4 Å². The third kappa shape index (κ3) is 2.52. The van der Waals surface area contributed by atoms with E-state index in [2.05, 4.69) is 44.5 Å². The van der Waals surface area contributed by atoms with Gasteiger partial charge in [-0.2, -0.15) is 0 Å². The molecule has 0 bridgehead atoms. The molecule has 2 heterocycles. The van der Waals surface area contributed by atoms with Crippen molar-refractivity contribution in [1.29, 1.82) is 0 Å². The number of hydrogen-bond acceptors (Lipinski definition) is 3. The lowest BCUT2D eigenvalue weighted by atomic mass is 10.1. The second-order valence-electron chi connectivity index (χ2n) is 6.24. The van der Waals surface area contributed by atoms with E-state index in [-0.39, 0.29) is 11.9 Å². The van der Waals surface area contributed by atoms with Crippen LogP contribution in [0.1, 0.15) is 23.2 Å². The highest BCUT2D eigenvalue weighted by Crippen LogP contribution is 2.28. The van der Waals surface area contributed by atoms with Crippen LogP contribution in [0.5, 0.6) is 0 Å². The number of amides is 1. The molecule has 1 fully saturated rings. The quantitative estimate of drug-likeness (QED) is 0.893. The number of nitrogens with one attached hydrogen (secondary N) is 2. The molecule has 1 saturated heterocycles. The smallest absolute Gasteiger partial charge is 0.224 e. The molecule has 1 aromatic heterocycles. The minimum absolute atomic E-state index is 0.236. The molecule has 0 radical (unpaired) electrons. The number of carbonyl (C=O) groups excluding carboxylic acids is 1. The zero-order valence-corrected chi connectivity index (χ0v) is 12.5. The van der Waals surface area contributed by atoms with E-state index in [9.17, 15) is 4.79 Å². The van der Waals surface area contributed by atoms with Crippen LogP contribution in [-0.2, 0) is 24.2 Å². The molecule has 5 heteroatoms. The zero-order valence-electron chi connectivity index (χ0n) is 12.5. The van der Waals surface area contributed by atoms with E-state index in [4.69, 9.17) is 0 Å². The maximum atomic E-state index is 12.3. The van der Waals surface area contributed by atoms with Crippen molar-refractivity contribution in [1.82, 2.24) is 20.2 Å². The van der Waals surface area contributed by atoms with Gasteiger partial charge in [-0.15, -0.1) is 0 Å². The van der Waals surface area contributed by atoms with Crippen LogP contribution < -0.4 is 5.32 Å². The van der Waals surface area contributed by atoms with Gasteiger partial charge in [0.15, 0.2) is 0 Å². The van der Waals surface area contributed by atoms with E-state index in [0.29, 0.717) is 12.5 Å². The summed E-state index contributed by atoms with van der Waals surface area (Å²) >= 11 is 0. The van der Waals surface area contributed by atoms with Gasteiger partial charge >= 0.3 is 0 Å². The summed E-state index contributed by atoms with van der Waals surface area (Å²) in [4.78, 5) is 21.5. The highest BCUT2D eigenvalue weighted by atomic mass is 16.2. The molecule has 114 valence electrons. The van der Waals surface area contributed by atoms with Crippen molar-refractivity contribution in [3.05, 3.63) is 53.6 Å². The monoisotopic (exact) mass is 296 g/mol. The molecule has 4 rings (SSSR count). The summed E-state index contributed by atoms with van der Waals surface area (Å²) in [5.41, 5.74) is 3.85. The van der Waals surface area contributed by atoms with Crippen molar-refractivity contribution >= 4 is 5.91 Å². The summed E-state index contributed by atoms with van der Waals surface area (Å²) < 4.78 is 0. The van der Waals surface area contributed by atoms with Crippen LogP contribution in [0.15, 0.2) is 36.8 Å².